The molecular formula is C25H27Cl2N3O3. The summed E-state index contributed by atoms with van der Waals surface area (Å²) < 4.78 is 7.08. The quantitative estimate of drug-likeness (QED) is 0.456. The van der Waals surface area contributed by atoms with E-state index in [-0.39, 0.29) is 24.3 Å². The van der Waals surface area contributed by atoms with E-state index in [4.69, 9.17) is 32.9 Å². The lowest BCUT2D eigenvalue weighted by Gasteiger charge is -2.31. The fraction of sp³-hybridized carbons (Fsp3) is 0.400. The number of aryl methyl sites for hydroxylation is 1. The molecule has 0 radical (unpaired) electrons. The molecule has 1 saturated heterocycles. The molecule has 0 unspecified atom stereocenters. The zero-order chi connectivity index (χ0) is 23.5. The third kappa shape index (κ3) is 5.33. The summed E-state index contributed by atoms with van der Waals surface area (Å²) in [6.45, 7) is 5.30. The van der Waals surface area contributed by atoms with Crippen LogP contribution in [0.25, 0.3) is 11.0 Å². The minimum Gasteiger partial charge on any atom is -0.466 e. The summed E-state index contributed by atoms with van der Waals surface area (Å²) in [7, 11) is 0. The van der Waals surface area contributed by atoms with E-state index in [1.807, 2.05) is 11.5 Å². The van der Waals surface area contributed by atoms with Gasteiger partial charge in [0.25, 0.3) is 0 Å². The van der Waals surface area contributed by atoms with Crippen molar-refractivity contribution in [2.75, 3.05) is 19.7 Å². The molecule has 1 aliphatic heterocycles. The molecule has 3 aromatic rings. The number of nitrogens with zero attached hydrogens (tertiary/aromatic N) is 3. The first-order chi connectivity index (χ1) is 15.9. The van der Waals surface area contributed by atoms with E-state index in [0.717, 1.165) is 29.7 Å². The van der Waals surface area contributed by atoms with Crippen LogP contribution in [0.15, 0.2) is 36.4 Å². The highest BCUT2D eigenvalue weighted by molar-refractivity contribution is 6.42. The van der Waals surface area contributed by atoms with Gasteiger partial charge in [-0.1, -0.05) is 53.0 Å². The van der Waals surface area contributed by atoms with Gasteiger partial charge in [0.1, 0.15) is 12.4 Å². The summed E-state index contributed by atoms with van der Waals surface area (Å²) in [6.07, 6.45) is 2.09. The molecule has 0 spiro atoms. The van der Waals surface area contributed by atoms with Gasteiger partial charge < -0.3 is 14.2 Å². The Balaban J connectivity index is 1.62. The number of benzene rings is 2. The largest absolute Gasteiger partial charge is 0.466 e. The smallest absolute Gasteiger partial charge is 0.310 e. The topological polar surface area (TPSA) is 64.4 Å². The van der Waals surface area contributed by atoms with Gasteiger partial charge in [0.15, 0.2) is 0 Å². The molecule has 33 heavy (non-hydrogen) atoms. The van der Waals surface area contributed by atoms with Gasteiger partial charge >= 0.3 is 5.97 Å². The molecule has 0 N–H and O–H groups in total. The maximum Gasteiger partial charge on any atom is 0.310 e. The fourth-order valence-corrected chi connectivity index (χ4v) is 4.58. The van der Waals surface area contributed by atoms with Gasteiger partial charge in [-0.05, 0) is 44.4 Å². The summed E-state index contributed by atoms with van der Waals surface area (Å²) in [4.78, 5) is 32.0. The van der Waals surface area contributed by atoms with Crippen LogP contribution in [0.5, 0.6) is 0 Å². The molecule has 0 bridgehead atoms. The van der Waals surface area contributed by atoms with Crippen molar-refractivity contribution >= 4 is 46.1 Å². The Kier molecular flexibility index (Phi) is 7.25. The second kappa shape index (κ2) is 10.1. The van der Waals surface area contributed by atoms with Gasteiger partial charge in [0.2, 0.25) is 5.91 Å². The molecule has 174 valence electrons. The first-order valence-corrected chi connectivity index (χ1v) is 12.0. The van der Waals surface area contributed by atoms with Crippen LogP contribution >= 0.6 is 23.2 Å². The fourth-order valence-electron chi connectivity index (χ4n) is 4.26. The number of imidazole rings is 1. The monoisotopic (exact) mass is 487 g/mol. The van der Waals surface area contributed by atoms with Crippen molar-refractivity contribution in [2.45, 2.75) is 39.7 Å². The van der Waals surface area contributed by atoms with E-state index in [1.165, 1.54) is 5.56 Å². The van der Waals surface area contributed by atoms with Crippen LogP contribution < -0.4 is 0 Å². The van der Waals surface area contributed by atoms with Gasteiger partial charge in [0.05, 0.1) is 33.6 Å². The number of carbonyl (C=O) groups is 2. The second-order valence-corrected chi connectivity index (χ2v) is 9.28. The van der Waals surface area contributed by atoms with Crippen molar-refractivity contribution in [2.24, 2.45) is 5.92 Å². The first-order valence-electron chi connectivity index (χ1n) is 11.2. The van der Waals surface area contributed by atoms with Gasteiger partial charge in [-0.15, -0.1) is 0 Å². The Bertz CT molecular complexity index is 1170. The van der Waals surface area contributed by atoms with Crippen molar-refractivity contribution in [1.82, 2.24) is 14.5 Å². The minimum absolute atomic E-state index is 0.0560. The Morgan fingerprint density at radius 2 is 1.88 bits per heavy atom. The number of carbonyl (C=O) groups excluding carboxylic acids is 2. The van der Waals surface area contributed by atoms with E-state index in [1.54, 1.807) is 24.0 Å². The number of ether oxygens (including phenoxy) is 1. The maximum atomic E-state index is 13.3. The Morgan fingerprint density at radius 1 is 1.15 bits per heavy atom. The lowest BCUT2D eigenvalue weighted by atomic mass is 9.98. The third-order valence-corrected chi connectivity index (χ3v) is 6.76. The normalized spacial score (nSPS) is 16.2. The molecule has 1 aliphatic rings. The van der Waals surface area contributed by atoms with E-state index in [9.17, 15) is 9.59 Å². The summed E-state index contributed by atoms with van der Waals surface area (Å²) in [5.74, 6) is 0.200. The van der Waals surface area contributed by atoms with Crippen molar-refractivity contribution in [3.05, 3.63) is 63.4 Å². The average Bonchev–Trinajstić information content (AvgIpc) is 3.11. The predicted molar refractivity (Wildman–Crippen MR) is 130 cm³/mol. The molecule has 8 heteroatoms. The van der Waals surface area contributed by atoms with E-state index >= 15 is 0 Å². The van der Waals surface area contributed by atoms with Crippen molar-refractivity contribution in [1.29, 1.82) is 0 Å². The molecule has 1 amide bonds. The first kappa shape index (κ1) is 23.6. The van der Waals surface area contributed by atoms with Crippen LogP contribution in [-0.4, -0.2) is 46.0 Å². The van der Waals surface area contributed by atoms with E-state index in [2.05, 4.69) is 24.3 Å². The minimum atomic E-state index is -0.275. The summed E-state index contributed by atoms with van der Waals surface area (Å²) in [6, 6.07) is 11.7. The van der Waals surface area contributed by atoms with Gasteiger partial charge in [-0.25, -0.2) is 4.98 Å². The van der Waals surface area contributed by atoms with E-state index in [0.29, 0.717) is 41.7 Å². The average molecular weight is 488 g/mol. The number of hydrogen-bond donors (Lipinski definition) is 0. The number of piperidine rings is 1. The molecule has 1 atom stereocenters. The Hall–Kier alpha value is -2.57. The standard InChI is InChI=1S/C25H27Cl2N3O3/c1-3-33-25(32)18-5-4-10-29(14-18)24(31)15-30-22-13-20(27)19(26)12-21(22)28-23(30)11-17-8-6-16(2)7-9-17/h6-9,12-13,18H,3-5,10-11,14-15H2,1-2H3/t18-/m1/s1. The highest BCUT2D eigenvalue weighted by Gasteiger charge is 2.30. The summed E-state index contributed by atoms with van der Waals surface area (Å²) in [5.41, 5.74) is 3.74. The number of amides is 1. The Morgan fingerprint density at radius 3 is 2.61 bits per heavy atom. The highest BCUT2D eigenvalue weighted by atomic mass is 35.5. The highest BCUT2D eigenvalue weighted by Crippen LogP contribution is 2.29. The summed E-state index contributed by atoms with van der Waals surface area (Å²) in [5, 5.41) is 0.843. The number of halogens is 2. The van der Waals surface area contributed by atoms with Gasteiger partial charge in [0, 0.05) is 19.5 Å². The number of fused-ring (bicyclic) bond motifs is 1. The van der Waals surface area contributed by atoms with Crippen LogP contribution in [0.2, 0.25) is 10.0 Å². The molecular weight excluding hydrogens is 461 g/mol. The van der Waals surface area contributed by atoms with Crippen molar-refractivity contribution in [3.63, 3.8) is 0 Å². The number of rotatable bonds is 6. The zero-order valence-corrected chi connectivity index (χ0v) is 20.3. The molecule has 2 aromatic carbocycles. The van der Waals surface area contributed by atoms with Crippen molar-refractivity contribution < 1.29 is 14.3 Å². The number of esters is 1. The molecule has 1 aromatic heterocycles. The number of hydrogen-bond acceptors (Lipinski definition) is 4. The molecule has 1 fully saturated rings. The predicted octanol–water partition coefficient (Wildman–Crippen LogP) is 5.04. The van der Waals surface area contributed by atoms with Gasteiger partial charge in [-0.3, -0.25) is 9.59 Å². The van der Waals surface area contributed by atoms with Crippen molar-refractivity contribution in [3.8, 4) is 0 Å². The zero-order valence-electron chi connectivity index (χ0n) is 18.8. The van der Waals surface area contributed by atoms with Crippen LogP contribution in [0.4, 0.5) is 0 Å². The second-order valence-electron chi connectivity index (χ2n) is 8.46. The molecule has 0 aliphatic carbocycles. The lowest BCUT2D eigenvalue weighted by molar-refractivity contribution is -0.151. The van der Waals surface area contributed by atoms with Crippen LogP contribution in [-0.2, 0) is 27.3 Å². The molecule has 6 nitrogen and oxygen atoms in total. The SMILES string of the molecule is CCOC(=O)[C@@H]1CCCN(C(=O)Cn2c(Cc3ccc(C)cc3)nc3cc(Cl)c(Cl)cc32)C1. The summed E-state index contributed by atoms with van der Waals surface area (Å²) >= 11 is 12.5. The number of aromatic nitrogens is 2. The van der Waals surface area contributed by atoms with Crippen LogP contribution in [0, 0.1) is 12.8 Å². The third-order valence-electron chi connectivity index (χ3n) is 6.04. The molecule has 4 rings (SSSR count). The Labute approximate surface area is 203 Å². The van der Waals surface area contributed by atoms with E-state index < -0.39 is 0 Å². The van der Waals surface area contributed by atoms with Crippen LogP contribution in [0.1, 0.15) is 36.7 Å². The van der Waals surface area contributed by atoms with Gasteiger partial charge in [-0.2, -0.15) is 0 Å². The molecule has 0 saturated carbocycles. The van der Waals surface area contributed by atoms with Crippen LogP contribution in [0.3, 0.4) is 0 Å². The lowest BCUT2D eigenvalue weighted by Crippen LogP contribution is -2.44. The maximum absolute atomic E-state index is 13.3. The number of likely N-dealkylation sites (tertiary alicyclic amines) is 1. The molecule has 2 heterocycles.